The second kappa shape index (κ2) is 3.95. The summed E-state index contributed by atoms with van der Waals surface area (Å²) in [5, 5.41) is 1.22. The third kappa shape index (κ3) is 1.75. The molecule has 0 unspecified atom stereocenters. The van der Waals surface area contributed by atoms with Gasteiger partial charge >= 0.3 is 0 Å². The maximum atomic E-state index is 6.25. The van der Waals surface area contributed by atoms with Crippen LogP contribution in [0.1, 0.15) is 19.0 Å². The summed E-state index contributed by atoms with van der Waals surface area (Å²) >= 11 is 0. The zero-order chi connectivity index (χ0) is 12.8. The largest absolute Gasteiger partial charge is 0.367 e. The number of pyridine rings is 1. The normalized spacial score (nSPS) is 17.8. The topological polar surface area (TPSA) is 42.1 Å². The Morgan fingerprint density at radius 3 is 2.78 bits per heavy atom. The molecule has 1 aromatic heterocycles. The predicted octanol–water partition coefficient (Wildman–Crippen LogP) is 2.47. The molecule has 1 fully saturated rings. The molecule has 3 heteroatoms. The van der Waals surface area contributed by atoms with E-state index in [0.29, 0.717) is 0 Å². The molecule has 0 bridgehead atoms. The van der Waals surface area contributed by atoms with Gasteiger partial charge in [-0.2, -0.15) is 0 Å². The Hall–Kier alpha value is -1.61. The summed E-state index contributed by atoms with van der Waals surface area (Å²) < 4.78 is 0. The Balaban J connectivity index is 2.02. The van der Waals surface area contributed by atoms with E-state index >= 15 is 0 Å². The SMILES string of the molecule is CCC1(N)CN(c2cc(C)nc3ccccc23)C1. The number of nitrogens with two attached hydrogens (primary N) is 1. The zero-order valence-electron chi connectivity index (χ0n) is 11.0. The van der Waals surface area contributed by atoms with E-state index in [2.05, 4.69) is 41.1 Å². The van der Waals surface area contributed by atoms with E-state index in [1.807, 2.05) is 13.0 Å². The second-order valence-electron chi connectivity index (χ2n) is 5.37. The molecule has 1 saturated heterocycles. The first kappa shape index (κ1) is 11.5. The molecule has 2 aromatic rings. The van der Waals surface area contributed by atoms with Gasteiger partial charge in [0, 0.05) is 29.9 Å². The van der Waals surface area contributed by atoms with Crippen molar-refractivity contribution in [3.05, 3.63) is 36.0 Å². The molecule has 0 radical (unpaired) electrons. The van der Waals surface area contributed by atoms with Crippen molar-refractivity contribution < 1.29 is 0 Å². The van der Waals surface area contributed by atoms with Gasteiger partial charge in [-0.05, 0) is 25.5 Å². The minimum Gasteiger partial charge on any atom is -0.367 e. The quantitative estimate of drug-likeness (QED) is 0.878. The Kier molecular flexibility index (Phi) is 2.52. The van der Waals surface area contributed by atoms with Crippen molar-refractivity contribution in [2.45, 2.75) is 25.8 Å². The summed E-state index contributed by atoms with van der Waals surface area (Å²) in [5.74, 6) is 0. The number of aryl methyl sites for hydroxylation is 1. The fraction of sp³-hybridized carbons (Fsp3) is 0.400. The van der Waals surface area contributed by atoms with Crippen molar-refractivity contribution in [3.8, 4) is 0 Å². The Morgan fingerprint density at radius 2 is 2.06 bits per heavy atom. The molecule has 94 valence electrons. The van der Waals surface area contributed by atoms with Crippen molar-refractivity contribution in [3.63, 3.8) is 0 Å². The lowest BCUT2D eigenvalue weighted by molar-refractivity contribution is 0.323. The highest BCUT2D eigenvalue weighted by molar-refractivity contribution is 5.92. The van der Waals surface area contributed by atoms with Crippen LogP contribution in [0.15, 0.2) is 30.3 Å². The van der Waals surface area contributed by atoms with Gasteiger partial charge in [0.15, 0.2) is 0 Å². The minimum absolute atomic E-state index is 0.00171. The number of hydrogen-bond acceptors (Lipinski definition) is 3. The molecule has 3 rings (SSSR count). The summed E-state index contributed by atoms with van der Waals surface area (Å²) in [6.07, 6.45) is 1.03. The minimum atomic E-state index is -0.00171. The molecule has 0 amide bonds. The third-order valence-electron chi connectivity index (χ3n) is 3.88. The maximum absolute atomic E-state index is 6.25. The fourth-order valence-electron chi connectivity index (χ4n) is 2.66. The molecule has 0 spiro atoms. The highest BCUT2D eigenvalue weighted by Gasteiger charge is 2.38. The van der Waals surface area contributed by atoms with Crippen LogP contribution in [-0.4, -0.2) is 23.6 Å². The molecule has 0 saturated carbocycles. The van der Waals surface area contributed by atoms with Crippen molar-refractivity contribution in [1.82, 2.24) is 4.98 Å². The molecule has 0 atom stereocenters. The Labute approximate surface area is 108 Å². The monoisotopic (exact) mass is 241 g/mol. The number of nitrogens with zero attached hydrogens (tertiary/aromatic N) is 2. The van der Waals surface area contributed by atoms with Crippen molar-refractivity contribution >= 4 is 16.6 Å². The molecule has 0 aliphatic carbocycles. The van der Waals surface area contributed by atoms with Gasteiger partial charge in [-0.1, -0.05) is 25.1 Å². The number of aromatic nitrogens is 1. The van der Waals surface area contributed by atoms with Gasteiger partial charge < -0.3 is 10.6 Å². The molecule has 2 heterocycles. The fourth-order valence-corrected chi connectivity index (χ4v) is 2.66. The van der Waals surface area contributed by atoms with Crippen molar-refractivity contribution in [2.75, 3.05) is 18.0 Å². The lowest BCUT2D eigenvalue weighted by Crippen LogP contribution is -2.67. The molecule has 3 nitrogen and oxygen atoms in total. The molecule has 1 aliphatic heterocycles. The van der Waals surface area contributed by atoms with E-state index in [1.165, 1.54) is 11.1 Å². The van der Waals surface area contributed by atoms with Gasteiger partial charge in [0.2, 0.25) is 0 Å². The van der Waals surface area contributed by atoms with E-state index < -0.39 is 0 Å². The van der Waals surface area contributed by atoms with Crippen LogP contribution in [0.4, 0.5) is 5.69 Å². The Bertz CT molecular complexity index is 585. The third-order valence-corrected chi connectivity index (χ3v) is 3.88. The summed E-state index contributed by atoms with van der Waals surface area (Å²) in [6.45, 7) is 6.09. The standard InChI is InChI=1S/C15H19N3/c1-3-15(16)9-18(10-15)14-8-11(2)17-13-7-5-4-6-12(13)14/h4-8H,3,9-10,16H2,1-2H3. The Morgan fingerprint density at radius 1 is 1.33 bits per heavy atom. The summed E-state index contributed by atoms with van der Waals surface area (Å²) in [6, 6.07) is 10.5. The second-order valence-corrected chi connectivity index (χ2v) is 5.37. The van der Waals surface area contributed by atoms with Crippen LogP contribution in [0.3, 0.4) is 0 Å². The number of anilines is 1. The number of rotatable bonds is 2. The van der Waals surface area contributed by atoms with Crippen molar-refractivity contribution in [2.24, 2.45) is 5.73 Å². The van der Waals surface area contributed by atoms with Crippen LogP contribution in [-0.2, 0) is 0 Å². The molecular formula is C15H19N3. The summed E-state index contributed by atoms with van der Waals surface area (Å²) in [7, 11) is 0. The molecule has 2 N–H and O–H groups in total. The number of hydrogen-bond donors (Lipinski definition) is 1. The first-order valence-corrected chi connectivity index (χ1v) is 6.51. The van der Waals surface area contributed by atoms with E-state index in [4.69, 9.17) is 5.73 Å². The molecule has 1 aromatic carbocycles. The van der Waals surface area contributed by atoms with Gasteiger partial charge in [-0.3, -0.25) is 4.98 Å². The van der Waals surface area contributed by atoms with Crippen LogP contribution in [0.2, 0.25) is 0 Å². The van der Waals surface area contributed by atoms with Crippen molar-refractivity contribution in [1.29, 1.82) is 0 Å². The lowest BCUT2D eigenvalue weighted by Gasteiger charge is -2.49. The van der Waals surface area contributed by atoms with Crippen LogP contribution >= 0.6 is 0 Å². The predicted molar refractivity (Wildman–Crippen MR) is 75.9 cm³/mol. The lowest BCUT2D eigenvalue weighted by atomic mass is 9.87. The molecular weight excluding hydrogens is 222 g/mol. The number of para-hydroxylation sites is 1. The van der Waals surface area contributed by atoms with Crippen LogP contribution in [0, 0.1) is 6.92 Å². The number of fused-ring (bicyclic) bond motifs is 1. The van der Waals surface area contributed by atoms with E-state index in [0.717, 1.165) is 30.7 Å². The average molecular weight is 241 g/mol. The van der Waals surface area contributed by atoms with E-state index in [1.54, 1.807) is 0 Å². The van der Waals surface area contributed by atoms with Crippen LogP contribution in [0.5, 0.6) is 0 Å². The number of benzene rings is 1. The van der Waals surface area contributed by atoms with E-state index in [9.17, 15) is 0 Å². The van der Waals surface area contributed by atoms with Gasteiger partial charge in [-0.25, -0.2) is 0 Å². The summed E-state index contributed by atoms with van der Waals surface area (Å²) in [4.78, 5) is 6.94. The molecule has 1 aliphatic rings. The van der Waals surface area contributed by atoms with Crippen LogP contribution < -0.4 is 10.6 Å². The highest BCUT2D eigenvalue weighted by Crippen LogP contribution is 2.33. The average Bonchev–Trinajstić information content (AvgIpc) is 2.34. The first-order chi connectivity index (χ1) is 8.61. The van der Waals surface area contributed by atoms with Gasteiger partial charge in [-0.15, -0.1) is 0 Å². The van der Waals surface area contributed by atoms with Crippen LogP contribution in [0.25, 0.3) is 10.9 Å². The first-order valence-electron chi connectivity index (χ1n) is 6.51. The molecule has 18 heavy (non-hydrogen) atoms. The van der Waals surface area contributed by atoms with Gasteiger partial charge in [0.05, 0.1) is 11.1 Å². The highest BCUT2D eigenvalue weighted by atomic mass is 15.3. The zero-order valence-corrected chi connectivity index (χ0v) is 11.0. The van der Waals surface area contributed by atoms with E-state index in [-0.39, 0.29) is 5.54 Å². The maximum Gasteiger partial charge on any atom is 0.0726 e. The van der Waals surface area contributed by atoms with Gasteiger partial charge in [0.25, 0.3) is 0 Å². The smallest absolute Gasteiger partial charge is 0.0726 e. The summed E-state index contributed by atoms with van der Waals surface area (Å²) in [5.41, 5.74) is 9.66. The van der Waals surface area contributed by atoms with Gasteiger partial charge in [0.1, 0.15) is 0 Å².